The van der Waals surface area contributed by atoms with E-state index in [1.54, 1.807) is 0 Å². The van der Waals surface area contributed by atoms with Crippen LogP contribution in [0.2, 0.25) is 0 Å². The fourth-order valence-electron chi connectivity index (χ4n) is 0.739. The lowest BCUT2D eigenvalue weighted by molar-refractivity contribution is -0.135. The molecule has 0 spiro atoms. The summed E-state index contributed by atoms with van der Waals surface area (Å²) in [7, 11) is 0. The third-order valence-corrected chi connectivity index (χ3v) is 1.32. The molecule has 0 aromatic carbocycles. The quantitative estimate of drug-likeness (QED) is 0.358. The van der Waals surface area contributed by atoms with Crippen molar-refractivity contribution in [3.8, 4) is 0 Å². The van der Waals surface area contributed by atoms with Crippen molar-refractivity contribution in [1.82, 2.24) is 0 Å². The summed E-state index contributed by atoms with van der Waals surface area (Å²) in [6.45, 7) is 3.89. The summed E-state index contributed by atoms with van der Waals surface area (Å²) in [6.07, 6.45) is 2.26. The molecule has 2 N–H and O–H groups in total. The lowest BCUT2D eigenvalue weighted by Gasteiger charge is -2.01. The van der Waals surface area contributed by atoms with E-state index in [1.807, 2.05) is 0 Å². The van der Waals surface area contributed by atoms with E-state index in [-0.39, 0.29) is 18.6 Å². The van der Waals surface area contributed by atoms with Crippen molar-refractivity contribution in [1.29, 1.82) is 0 Å². The highest BCUT2D eigenvalue weighted by atomic mass is 16.5. The van der Waals surface area contributed by atoms with Crippen molar-refractivity contribution >= 4 is 11.9 Å². The van der Waals surface area contributed by atoms with Crippen LogP contribution in [-0.2, 0) is 14.3 Å². The SMILES string of the molecule is C=CCOCC/C(=C\C(=O)O)C(=O)O. The van der Waals surface area contributed by atoms with Crippen molar-refractivity contribution in [3.63, 3.8) is 0 Å². The zero-order valence-electron chi connectivity index (χ0n) is 7.60. The molecule has 0 heterocycles. The average Bonchev–Trinajstić information content (AvgIpc) is 2.09. The smallest absolute Gasteiger partial charge is 0.331 e. The van der Waals surface area contributed by atoms with Crippen molar-refractivity contribution in [3.05, 3.63) is 24.3 Å². The Bertz CT molecular complexity index is 254. The molecule has 0 aliphatic heterocycles. The average molecular weight is 200 g/mol. The van der Waals surface area contributed by atoms with Gasteiger partial charge in [-0.1, -0.05) is 6.08 Å². The van der Waals surface area contributed by atoms with Gasteiger partial charge in [-0.2, -0.15) is 0 Å². The summed E-state index contributed by atoms with van der Waals surface area (Å²) in [5.74, 6) is -2.51. The van der Waals surface area contributed by atoms with Crippen LogP contribution in [0.25, 0.3) is 0 Å². The van der Waals surface area contributed by atoms with Crippen LogP contribution in [-0.4, -0.2) is 35.4 Å². The normalized spacial score (nSPS) is 11.0. The Morgan fingerprint density at radius 2 is 2.00 bits per heavy atom. The Labute approximate surface area is 81.3 Å². The molecule has 0 unspecified atom stereocenters. The monoisotopic (exact) mass is 200 g/mol. The molecule has 5 nitrogen and oxygen atoms in total. The molecule has 0 aliphatic rings. The van der Waals surface area contributed by atoms with Gasteiger partial charge in [0.2, 0.25) is 0 Å². The molecule has 0 atom stereocenters. The van der Waals surface area contributed by atoms with Crippen molar-refractivity contribution < 1.29 is 24.5 Å². The molecule has 0 aromatic heterocycles. The maximum Gasteiger partial charge on any atom is 0.331 e. The lowest BCUT2D eigenvalue weighted by atomic mass is 10.2. The third-order valence-electron chi connectivity index (χ3n) is 1.32. The van der Waals surface area contributed by atoms with Gasteiger partial charge in [0.1, 0.15) is 0 Å². The molecule has 14 heavy (non-hydrogen) atoms. The Morgan fingerprint density at radius 1 is 1.36 bits per heavy atom. The first kappa shape index (κ1) is 12.4. The van der Waals surface area contributed by atoms with Crippen molar-refractivity contribution in [2.75, 3.05) is 13.2 Å². The number of carbonyl (C=O) groups is 2. The van der Waals surface area contributed by atoms with Crippen LogP contribution in [0.3, 0.4) is 0 Å². The molecule has 0 fully saturated rings. The first-order valence-corrected chi connectivity index (χ1v) is 3.93. The predicted molar refractivity (Wildman–Crippen MR) is 49.0 cm³/mol. The number of rotatable bonds is 7. The molecule has 0 rings (SSSR count). The van der Waals surface area contributed by atoms with E-state index in [0.717, 1.165) is 0 Å². The molecule has 0 aromatic rings. The Hall–Kier alpha value is -1.62. The summed E-state index contributed by atoms with van der Waals surface area (Å²) in [5.41, 5.74) is -0.179. The van der Waals surface area contributed by atoms with Gasteiger partial charge >= 0.3 is 11.9 Å². The second kappa shape index (κ2) is 6.85. The highest BCUT2D eigenvalue weighted by Crippen LogP contribution is 2.01. The van der Waals surface area contributed by atoms with Gasteiger partial charge in [0.05, 0.1) is 13.2 Å². The minimum absolute atomic E-state index is 0.0650. The summed E-state index contributed by atoms with van der Waals surface area (Å²) in [6, 6.07) is 0. The predicted octanol–water partition coefficient (Wildman–Crippen LogP) is 0.675. The van der Waals surface area contributed by atoms with Gasteiger partial charge in [-0.25, -0.2) is 9.59 Å². The Morgan fingerprint density at radius 3 is 2.43 bits per heavy atom. The maximum atomic E-state index is 10.5. The minimum Gasteiger partial charge on any atom is -0.478 e. The Kier molecular flexibility index (Phi) is 6.06. The van der Waals surface area contributed by atoms with Crippen molar-refractivity contribution in [2.45, 2.75) is 6.42 Å². The summed E-state index contributed by atoms with van der Waals surface area (Å²) < 4.78 is 4.93. The largest absolute Gasteiger partial charge is 0.478 e. The molecule has 0 aliphatic carbocycles. The van der Waals surface area contributed by atoms with Gasteiger partial charge < -0.3 is 14.9 Å². The number of carboxylic acids is 2. The molecular formula is C9H12O5. The summed E-state index contributed by atoms with van der Waals surface area (Å²) >= 11 is 0. The van der Waals surface area contributed by atoms with E-state index >= 15 is 0 Å². The van der Waals surface area contributed by atoms with Crippen LogP contribution in [0.4, 0.5) is 0 Å². The van der Waals surface area contributed by atoms with Crippen LogP contribution < -0.4 is 0 Å². The number of aliphatic carboxylic acids is 2. The fourth-order valence-corrected chi connectivity index (χ4v) is 0.739. The second-order valence-corrected chi connectivity index (χ2v) is 2.43. The van der Waals surface area contributed by atoms with Gasteiger partial charge in [-0.05, 0) is 0 Å². The zero-order valence-corrected chi connectivity index (χ0v) is 7.60. The first-order valence-electron chi connectivity index (χ1n) is 3.93. The van der Waals surface area contributed by atoms with E-state index in [9.17, 15) is 9.59 Å². The van der Waals surface area contributed by atoms with Gasteiger partial charge in [0.15, 0.2) is 0 Å². The van der Waals surface area contributed by atoms with E-state index in [4.69, 9.17) is 14.9 Å². The number of hydrogen-bond donors (Lipinski definition) is 2. The molecule has 0 bridgehead atoms. The molecular weight excluding hydrogens is 188 g/mol. The van der Waals surface area contributed by atoms with E-state index in [0.29, 0.717) is 12.7 Å². The summed E-state index contributed by atoms with van der Waals surface area (Å²) in [5, 5.41) is 16.9. The second-order valence-electron chi connectivity index (χ2n) is 2.43. The first-order chi connectivity index (χ1) is 6.57. The van der Waals surface area contributed by atoms with E-state index in [1.165, 1.54) is 6.08 Å². The standard InChI is InChI=1S/C9H12O5/c1-2-4-14-5-3-7(9(12)13)6-8(10)11/h2,6H,1,3-5H2,(H,10,11)(H,12,13)/b7-6+. The number of hydrogen-bond acceptors (Lipinski definition) is 3. The van der Waals surface area contributed by atoms with Crippen LogP contribution >= 0.6 is 0 Å². The van der Waals surface area contributed by atoms with Gasteiger partial charge in [0.25, 0.3) is 0 Å². The van der Waals surface area contributed by atoms with Crippen LogP contribution in [0.15, 0.2) is 24.3 Å². The lowest BCUT2D eigenvalue weighted by Crippen LogP contribution is -2.07. The van der Waals surface area contributed by atoms with Crippen LogP contribution in [0.5, 0.6) is 0 Å². The molecule has 0 radical (unpaired) electrons. The van der Waals surface area contributed by atoms with Crippen LogP contribution in [0.1, 0.15) is 6.42 Å². The van der Waals surface area contributed by atoms with Gasteiger partial charge in [-0.3, -0.25) is 0 Å². The molecule has 0 saturated carbocycles. The minimum atomic E-state index is -1.27. The van der Waals surface area contributed by atoms with Crippen molar-refractivity contribution in [2.24, 2.45) is 0 Å². The highest BCUT2D eigenvalue weighted by Gasteiger charge is 2.08. The molecule has 5 heteroatoms. The third kappa shape index (κ3) is 5.96. The van der Waals surface area contributed by atoms with E-state index < -0.39 is 11.9 Å². The zero-order chi connectivity index (χ0) is 11.0. The van der Waals surface area contributed by atoms with Crippen LogP contribution in [0, 0.1) is 0 Å². The molecule has 78 valence electrons. The maximum absolute atomic E-state index is 10.5. The molecule has 0 saturated heterocycles. The number of carboxylic acid groups (broad SMARTS) is 2. The fraction of sp³-hybridized carbons (Fsp3) is 0.333. The summed E-state index contributed by atoms with van der Waals surface area (Å²) in [4.78, 5) is 20.7. The number of ether oxygens (including phenoxy) is 1. The molecule has 0 amide bonds. The van der Waals surface area contributed by atoms with Gasteiger partial charge in [0, 0.05) is 18.1 Å². The highest BCUT2D eigenvalue weighted by molar-refractivity contribution is 5.94. The Balaban J connectivity index is 4.05. The van der Waals surface area contributed by atoms with Gasteiger partial charge in [-0.15, -0.1) is 6.58 Å². The topological polar surface area (TPSA) is 83.8 Å². The van der Waals surface area contributed by atoms with E-state index in [2.05, 4.69) is 6.58 Å².